The van der Waals surface area contributed by atoms with E-state index in [2.05, 4.69) is 11.9 Å². The molecular formula is C12H16N2OS. The van der Waals surface area contributed by atoms with Crippen molar-refractivity contribution >= 4 is 23.5 Å². The van der Waals surface area contributed by atoms with E-state index in [-0.39, 0.29) is 0 Å². The summed E-state index contributed by atoms with van der Waals surface area (Å²) in [5.41, 5.74) is 7.08. The summed E-state index contributed by atoms with van der Waals surface area (Å²) in [6.45, 7) is 5.72. The molecule has 3 nitrogen and oxygen atoms in total. The van der Waals surface area contributed by atoms with Gasteiger partial charge in [0, 0.05) is 10.6 Å². The van der Waals surface area contributed by atoms with Crippen LogP contribution in [-0.4, -0.2) is 11.8 Å². The average Bonchev–Trinajstić information content (AvgIpc) is 2.27. The Morgan fingerprint density at radius 3 is 2.94 bits per heavy atom. The first-order valence-electron chi connectivity index (χ1n) is 5.11. The smallest absolute Gasteiger partial charge is 0.316 e. The van der Waals surface area contributed by atoms with Crippen LogP contribution in [0.25, 0.3) is 0 Å². The Bertz CT molecular complexity index is 391. The van der Waals surface area contributed by atoms with E-state index in [0.29, 0.717) is 0 Å². The fourth-order valence-corrected chi connectivity index (χ4v) is 2.20. The number of aryl methyl sites for hydroxylation is 1. The van der Waals surface area contributed by atoms with Gasteiger partial charge in [-0.1, -0.05) is 25.1 Å². The monoisotopic (exact) mass is 236 g/mol. The second-order valence-electron chi connectivity index (χ2n) is 3.23. The molecule has 0 heterocycles. The molecule has 1 aromatic rings. The summed E-state index contributed by atoms with van der Waals surface area (Å²) in [6, 6.07) is 5.42. The first-order chi connectivity index (χ1) is 7.69. The molecule has 0 spiro atoms. The number of benzene rings is 1. The molecule has 4 heteroatoms. The van der Waals surface area contributed by atoms with Crippen molar-refractivity contribution in [3.63, 3.8) is 0 Å². The number of hydrogen-bond acceptors (Lipinski definition) is 2. The van der Waals surface area contributed by atoms with Gasteiger partial charge in [-0.2, -0.15) is 0 Å². The van der Waals surface area contributed by atoms with E-state index in [0.717, 1.165) is 28.3 Å². The van der Waals surface area contributed by atoms with Gasteiger partial charge in [0.05, 0.1) is 5.69 Å². The summed E-state index contributed by atoms with van der Waals surface area (Å²) in [7, 11) is 0. The second-order valence-corrected chi connectivity index (χ2v) is 4.29. The van der Waals surface area contributed by atoms with Crippen LogP contribution in [0.15, 0.2) is 35.7 Å². The molecule has 86 valence electrons. The van der Waals surface area contributed by atoms with Crippen LogP contribution in [0.5, 0.6) is 0 Å². The fourth-order valence-electron chi connectivity index (χ4n) is 1.41. The number of primary amides is 1. The third-order valence-corrected chi connectivity index (χ3v) is 3.15. The zero-order chi connectivity index (χ0) is 12.0. The minimum Gasteiger partial charge on any atom is -0.351 e. The first-order valence-corrected chi connectivity index (χ1v) is 6.09. The number of nitrogens with one attached hydrogen (secondary N) is 1. The van der Waals surface area contributed by atoms with Crippen molar-refractivity contribution in [1.82, 2.24) is 0 Å². The maximum Gasteiger partial charge on any atom is 0.316 e. The van der Waals surface area contributed by atoms with E-state index in [1.807, 2.05) is 31.2 Å². The van der Waals surface area contributed by atoms with Crippen LogP contribution in [0.1, 0.15) is 12.5 Å². The minimum atomic E-state index is -0.527. The number of carbonyl (C=O) groups excluding carboxylic acids is 1. The summed E-state index contributed by atoms with van der Waals surface area (Å²) in [5, 5.41) is 2.69. The van der Waals surface area contributed by atoms with Crippen molar-refractivity contribution in [2.75, 3.05) is 11.1 Å². The van der Waals surface area contributed by atoms with Crippen LogP contribution in [0.2, 0.25) is 0 Å². The van der Waals surface area contributed by atoms with Gasteiger partial charge in [0.15, 0.2) is 0 Å². The molecule has 0 aliphatic heterocycles. The maximum absolute atomic E-state index is 10.9. The Balaban J connectivity index is 3.03. The zero-order valence-corrected chi connectivity index (χ0v) is 10.1. The standard InChI is InChI=1S/C12H16N2OS/c1-3-8-16-10-7-5-6-9(4-2)11(10)14-12(13)15/h3,5-7H,1,4,8H2,2H3,(H3,13,14,15). The quantitative estimate of drug-likeness (QED) is 0.610. The highest BCUT2D eigenvalue weighted by molar-refractivity contribution is 7.99. The van der Waals surface area contributed by atoms with Gasteiger partial charge in [0.25, 0.3) is 0 Å². The highest BCUT2D eigenvalue weighted by Crippen LogP contribution is 2.30. The number of hydrogen-bond donors (Lipinski definition) is 2. The lowest BCUT2D eigenvalue weighted by atomic mass is 10.1. The number of rotatable bonds is 5. The Kier molecular flexibility index (Phi) is 4.92. The predicted molar refractivity (Wildman–Crippen MR) is 69.9 cm³/mol. The van der Waals surface area contributed by atoms with Gasteiger partial charge in [0.2, 0.25) is 0 Å². The molecule has 1 aromatic carbocycles. The number of thioether (sulfide) groups is 1. The lowest BCUT2D eigenvalue weighted by molar-refractivity contribution is 0.259. The fraction of sp³-hybridized carbons (Fsp3) is 0.250. The average molecular weight is 236 g/mol. The molecule has 0 aromatic heterocycles. The van der Waals surface area contributed by atoms with Crippen LogP contribution in [0, 0.1) is 0 Å². The number of amides is 2. The summed E-state index contributed by atoms with van der Waals surface area (Å²) in [6.07, 6.45) is 2.69. The lowest BCUT2D eigenvalue weighted by Gasteiger charge is -2.12. The molecule has 0 saturated carbocycles. The third-order valence-electron chi connectivity index (χ3n) is 2.10. The van der Waals surface area contributed by atoms with Crippen molar-refractivity contribution in [1.29, 1.82) is 0 Å². The summed E-state index contributed by atoms with van der Waals surface area (Å²) >= 11 is 1.63. The van der Waals surface area contributed by atoms with Crippen LogP contribution >= 0.6 is 11.8 Å². The predicted octanol–water partition coefficient (Wildman–Crippen LogP) is 3.02. The Hall–Kier alpha value is -1.42. The lowest BCUT2D eigenvalue weighted by Crippen LogP contribution is -2.20. The SMILES string of the molecule is C=CCSc1cccc(CC)c1NC(N)=O. The van der Waals surface area contributed by atoms with Crippen LogP contribution in [-0.2, 0) is 6.42 Å². The first kappa shape index (κ1) is 12.6. The summed E-state index contributed by atoms with van der Waals surface area (Å²) < 4.78 is 0. The van der Waals surface area contributed by atoms with Gasteiger partial charge in [-0.05, 0) is 18.1 Å². The van der Waals surface area contributed by atoms with E-state index in [4.69, 9.17) is 5.73 Å². The molecule has 3 N–H and O–H groups in total. The highest BCUT2D eigenvalue weighted by Gasteiger charge is 2.08. The van der Waals surface area contributed by atoms with Gasteiger partial charge in [0.1, 0.15) is 0 Å². The molecule has 16 heavy (non-hydrogen) atoms. The molecular weight excluding hydrogens is 220 g/mol. The zero-order valence-electron chi connectivity index (χ0n) is 9.32. The Morgan fingerprint density at radius 1 is 1.62 bits per heavy atom. The number of urea groups is 1. The Labute approximate surface area is 100 Å². The number of anilines is 1. The maximum atomic E-state index is 10.9. The number of para-hydroxylation sites is 1. The van der Waals surface area contributed by atoms with Gasteiger partial charge in [-0.25, -0.2) is 4.79 Å². The van der Waals surface area contributed by atoms with Crippen molar-refractivity contribution in [2.24, 2.45) is 5.73 Å². The molecule has 0 aliphatic rings. The van der Waals surface area contributed by atoms with Gasteiger partial charge in [-0.15, -0.1) is 18.3 Å². The second kappa shape index (κ2) is 6.23. The van der Waals surface area contributed by atoms with E-state index >= 15 is 0 Å². The van der Waals surface area contributed by atoms with Gasteiger partial charge in [-0.3, -0.25) is 0 Å². The van der Waals surface area contributed by atoms with E-state index in [9.17, 15) is 4.79 Å². The molecule has 0 radical (unpaired) electrons. The van der Waals surface area contributed by atoms with Gasteiger partial charge >= 0.3 is 6.03 Å². The summed E-state index contributed by atoms with van der Waals surface area (Å²) in [5.74, 6) is 0.806. The van der Waals surface area contributed by atoms with E-state index < -0.39 is 6.03 Å². The molecule has 0 bridgehead atoms. The Morgan fingerprint density at radius 2 is 2.38 bits per heavy atom. The molecule has 0 saturated heterocycles. The van der Waals surface area contributed by atoms with Crippen molar-refractivity contribution in [3.8, 4) is 0 Å². The van der Waals surface area contributed by atoms with Crippen molar-refractivity contribution < 1.29 is 4.79 Å². The van der Waals surface area contributed by atoms with Gasteiger partial charge < -0.3 is 11.1 Å². The summed E-state index contributed by atoms with van der Waals surface area (Å²) in [4.78, 5) is 12.0. The number of nitrogens with two attached hydrogens (primary N) is 1. The van der Waals surface area contributed by atoms with Crippen LogP contribution < -0.4 is 11.1 Å². The molecule has 1 rings (SSSR count). The molecule has 0 aliphatic carbocycles. The van der Waals surface area contributed by atoms with Crippen LogP contribution in [0.3, 0.4) is 0 Å². The highest BCUT2D eigenvalue weighted by atomic mass is 32.2. The topological polar surface area (TPSA) is 55.1 Å². The van der Waals surface area contributed by atoms with Crippen molar-refractivity contribution in [2.45, 2.75) is 18.2 Å². The normalized spacial score (nSPS) is 9.81. The van der Waals surface area contributed by atoms with Crippen molar-refractivity contribution in [3.05, 3.63) is 36.4 Å². The molecule has 0 fully saturated rings. The molecule has 2 amide bonds. The van der Waals surface area contributed by atoms with E-state index in [1.54, 1.807) is 11.8 Å². The van der Waals surface area contributed by atoms with E-state index in [1.165, 1.54) is 0 Å². The largest absolute Gasteiger partial charge is 0.351 e. The molecule has 0 atom stereocenters. The van der Waals surface area contributed by atoms with Crippen LogP contribution in [0.4, 0.5) is 10.5 Å². The number of carbonyl (C=O) groups is 1. The third kappa shape index (κ3) is 3.31. The minimum absolute atomic E-state index is 0.527. The molecule has 0 unspecified atom stereocenters.